The van der Waals surface area contributed by atoms with Crippen molar-refractivity contribution in [2.75, 3.05) is 7.11 Å². The average molecular weight is 256 g/mol. The van der Waals surface area contributed by atoms with Crippen LogP contribution in [0.4, 0.5) is 8.78 Å². The SMILES string of the molecule is COc1c(C(F)F)cccc1C1(CC(=O)O)CC1. The molecule has 0 spiro atoms. The Bertz CT molecular complexity index is 467. The molecule has 0 atom stereocenters. The minimum Gasteiger partial charge on any atom is -0.496 e. The molecule has 1 aromatic carbocycles. The van der Waals surface area contributed by atoms with Crippen LogP contribution in [-0.2, 0) is 10.2 Å². The third kappa shape index (κ3) is 2.17. The predicted molar refractivity (Wildman–Crippen MR) is 61.1 cm³/mol. The molecule has 0 aliphatic heterocycles. The summed E-state index contributed by atoms with van der Waals surface area (Å²) in [4.78, 5) is 10.9. The van der Waals surface area contributed by atoms with Gasteiger partial charge >= 0.3 is 5.97 Å². The minimum absolute atomic E-state index is 0.0456. The Morgan fingerprint density at radius 2 is 2.17 bits per heavy atom. The van der Waals surface area contributed by atoms with Crippen LogP contribution < -0.4 is 4.74 Å². The van der Waals surface area contributed by atoms with E-state index in [4.69, 9.17) is 9.84 Å². The van der Waals surface area contributed by atoms with Crippen molar-refractivity contribution in [3.8, 4) is 5.75 Å². The average Bonchev–Trinajstić information content (AvgIpc) is 3.07. The molecule has 1 aliphatic rings. The molecule has 1 aliphatic carbocycles. The molecule has 3 nitrogen and oxygen atoms in total. The summed E-state index contributed by atoms with van der Waals surface area (Å²) >= 11 is 0. The maximum absolute atomic E-state index is 12.9. The van der Waals surface area contributed by atoms with E-state index in [1.165, 1.54) is 19.2 Å². The lowest BCUT2D eigenvalue weighted by Crippen LogP contribution is -2.15. The van der Waals surface area contributed by atoms with Crippen LogP contribution >= 0.6 is 0 Å². The number of benzene rings is 1. The van der Waals surface area contributed by atoms with Crippen molar-refractivity contribution < 1.29 is 23.4 Å². The van der Waals surface area contributed by atoms with Crippen molar-refractivity contribution in [1.82, 2.24) is 0 Å². The number of aliphatic carboxylic acids is 1. The number of carboxylic acids is 1. The molecular formula is C13H14F2O3. The highest BCUT2D eigenvalue weighted by atomic mass is 19.3. The Morgan fingerprint density at radius 3 is 2.61 bits per heavy atom. The minimum atomic E-state index is -2.62. The largest absolute Gasteiger partial charge is 0.496 e. The van der Waals surface area contributed by atoms with Gasteiger partial charge in [0.05, 0.1) is 19.1 Å². The number of hydrogen-bond donors (Lipinski definition) is 1. The second-order valence-electron chi connectivity index (χ2n) is 4.58. The zero-order valence-electron chi connectivity index (χ0n) is 9.95. The molecule has 0 radical (unpaired) electrons. The van der Waals surface area contributed by atoms with Crippen molar-refractivity contribution in [3.05, 3.63) is 29.3 Å². The third-order valence-corrected chi connectivity index (χ3v) is 3.40. The van der Waals surface area contributed by atoms with Crippen molar-refractivity contribution in [3.63, 3.8) is 0 Å². The Labute approximate surface area is 103 Å². The van der Waals surface area contributed by atoms with E-state index in [0.717, 1.165) is 0 Å². The van der Waals surface area contributed by atoms with E-state index in [2.05, 4.69) is 0 Å². The lowest BCUT2D eigenvalue weighted by Gasteiger charge is -2.19. The molecule has 2 rings (SSSR count). The van der Waals surface area contributed by atoms with E-state index in [1.807, 2.05) is 0 Å². The van der Waals surface area contributed by atoms with Crippen molar-refractivity contribution in [2.45, 2.75) is 31.1 Å². The van der Waals surface area contributed by atoms with Crippen LogP contribution in [0.3, 0.4) is 0 Å². The number of para-hydroxylation sites is 1. The standard InChI is InChI=1S/C13H14F2O3/c1-18-11-8(12(14)15)3-2-4-9(11)13(5-6-13)7-10(16)17/h2-4,12H,5-7H2,1H3,(H,16,17). The van der Waals surface area contributed by atoms with Gasteiger partial charge in [0, 0.05) is 11.0 Å². The molecule has 1 saturated carbocycles. The normalized spacial score (nSPS) is 16.7. The number of halogens is 2. The van der Waals surface area contributed by atoms with Crippen LogP contribution in [0.15, 0.2) is 18.2 Å². The first-order valence-electron chi connectivity index (χ1n) is 5.67. The fourth-order valence-corrected chi connectivity index (χ4v) is 2.35. The Hall–Kier alpha value is -1.65. The van der Waals surface area contributed by atoms with Crippen LogP contribution in [-0.4, -0.2) is 18.2 Å². The van der Waals surface area contributed by atoms with Gasteiger partial charge in [-0.05, 0) is 18.9 Å². The third-order valence-electron chi connectivity index (χ3n) is 3.40. The fraction of sp³-hybridized carbons (Fsp3) is 0.462. The first-order chi connectivity index (χ1) is 8.50. The first kappa shape index (κ1) is 12.8. The van der Waals surface area contributed by atoms with E-state index in [-0.39, 0.29) is 17.7 Å². The lowest BCUT2D eigenvalue weighted by molar-refractivity contribution is -0.137. The lowest BCUT2D eigenvalue weighted by atomic mass is 9.90. The van der Waals surface area contributed by atoms with Crippen LogP contribution in [0, 0.1) is 0 Å². The van der Waals surface area contributed by atoms with E-state index in [9.17, 15) is 13.6 Å². The summed E-state index contributed by atoms with van der Waals surface area (Å²) in [5, 5.41) is 8.90. The molecule has 0 heterocycles. The van der Waals surface area contributed by atoms with Gasteiger partial charge in [-0.3, -0.25) is 4.79 Å². The highest BCUT2D eigenvalue weighted by Crippen LogP contribution is 2.55. The van der Waals surface area contributed by atoms with Crippen molar-refractivity contribution >= 4 is 5.97 Å². The van der Waals surface area contributed by atoms with Crippen LogP contribution in [0.2, 0.25) is 0 Å². The maximum atomic E-state index is 12.9. The molecule has 0 bridgehead atoms. The number of hydrogen-bond acceptors (Lipinski definition) is 2. The second-order valence-corrected chi connectivity index (χ2v) is 4.58. The maximum Gasteiger partial charge on any atom is 0.304 e. The molecule has 1 N–H and O–H groups in total. The van der Waals surface area contributed by atoms with Crippen molar-refractivity contribution in [1.29, 1.82) is 0 Å². The monoisotopic (exact) mass is 256 g/mol. The number of alkyl halides is 2. The van der Waals surface area contributed by atoms with Crippen LogP contribution in [0.25, 0.3) is 0 Å². The summed E-state index contributed by atoms with van der Waals surface area (Å²) in [6.45, 7) is 0. The molecule has 1 fully saturated rings. The fourth-order valence-electron chi connectivity index (χ4n) is 2.35. The molecular weight excluding hydrogens is 242 g/mol. The number of methoxy groups -OCH3 is 1. The smallest absolute Gasteiger partial charge is 0.304 e. The highest BCUT2D eigenvalue weighted by molar-refractivity contribution is 5.71. The van der Waals surface area contributed by atoms with Gasteiger partial charge in [0.1, 0.15) is 5.75 Å². The number of ether oxygens (including phenoxy) is 1. The number of carbonyl (C=O) groups is 1. The Kier molecular flexibility index (Phi) is 3.24. The van der Waals surface area contributed by atoms with E-state index in [0.29, 0.717) is 18.4 Å². The van der Waals surface area contributed by atoms with Gasteiger partial charge in [-0.25, -0.2) is 8.78 Å². The van der Waals surface area contributed by atoms with Gasteiger partial charge < -0.3 is 9.84 Å². The zero-order chi connectivity index (χ0) is 13.3. The summed E-state index contributed by atoms with van der Waals surface area (Å²) in [5.41, 5.74) is -0.112. The molecule has 5 heteroatoms. The van der Waals surface area contributed by atoms with E-state index >= 15 is 0 Å². The van der Waals surface area contributed by atoms with Crippen LogP contribution in [0.1, 0.15) is 36.8 Å². The second kappa shape index (κ2) is 4.55. The van der Waals surface area contributed by atoms with Gasteiger partial charge in [-0.2, -0.15) is 0 Å². The topological polar surface area (TPSA) is 46.5 Å². The molecule has 0 aromatic heterocycles. The Morgan fingerprint density at radius 1 is 1.50 bits per heavy atom. The highest BCUT2D eigenvalue weighted by Gasteiger charge is 2.48. The Balaban J connectivity index is 2.45. The summed E-state index contributed by atoms with van der Waals surface area (Å²) in [6, 6.07) is 4.52. The quantitative estimate of drug-likeness (QED) is 0.880. The van der Waals surface area contributed by atoms with E-state index in [1.54, 1.807) is 6.07 Å². The van der Waals surface area contributed by atoms with Gasteiger partial charge in [-0.1, -0.05) is 12.1 Å². The predicted octanol–water partition coefficient (Wildman–Crippen LogP) is 3.14. The van der Waals surface area contributed by atoms with E-state index < -0.39 is 17.8 Å². The van der Waals surface area contributed by atoms with Crippen LogP contribution in [0.5, 0.6) is 5.75 Å². The van der Waals surface area contributed by atoms with Gasteiger partial charge in [0.15, 0.2) is 0 Å². The summed E-state index contributed by atoms with van der Waals surface area (Å²) in [7, 11) is 1.33. The molecule has 98 valence electrons. The van der Waals surface area contributed by atoms with Crippen molar-refractivity contribution in [2.24, 2.45) is 0 Å². The zero-order valence-corrected chi connectivity index (χ0v) is 9.95. The molecule has 1 aromatic rings. The van der Waals surface area contributed by atoms with Gasteiger partial charge in [-0.15, -0.1) is 0 Å². The molecule has 0 unspecified atom stereocenters. The number of rotatable bonds is 5. The summed E-state index contributed by atoms with van der Waals surface area (Å²) in [5.74, 6) is -0.789. The molecule has 0 amide bonds. The summed E-state index contributed by atoms with van der Waals surface area (Å²) in [6.07, 6.45) is -1.28. The molecule has 18 heavy (non-hydrogen) atoms. The number of carboxylic acid groups (broad SMARTS) is 1. The summed E-state index contributed by atoms with van der Waals surface area (Å²) < 4.78 is 30.8. The van der Waals surface area contributed by atoms with Gasteiger partial charge in [0.25, 0.3) is 6.43 Å². The van der Waals surface area contributed by atoms with Gasteiger partial charge in [0.2, 0.25) is 0 Å². The first-order valence-corrected chi connectivity index (χ1v) is 5.67. The molecule has 0 saturated heterocycles.